The molecule has 0 saturated carbocycles. The number of nitrogens with one attached hydrogen (secondary N) is 2. The van der Waals surface area contributed by atoms with E-state index in [0.717, 1.165) is 25.6 Å². The highest BCUT2D eigenvalue weighted by molar-refractivity contribution is 5.74. The Hall–Kier alpha value is -0.850. The van der Waals surface area contributed by atoms with Crippen molar-refractivity contribution in [3.63, 3.8) is 0 Å². The summed E-state index contributed by atoms with van der Waals surface area (Å²) in [5.74, 6) is 0.746. The van der Waals surface area contributed by atoms with E-state index in [-0.39, 0.29) is 18.6 Å². The molecule has 0 aromatic carbocycles. The molecule has 0 radical (unpaired) electrons. The molecule has 0 aromatic rings. The normalized spacial score (nSPS) is 23.9. The van der Waals surface area contributed by atoms with Crippen LogP contribution in [0.5, 0.6) is 0 Å². The van der Waals surface area contributed by atoms with E-state index in [9.17, 15) is 9.90 Å². The van der Waals surface area contributed by atoms with Gasteiger partial charge in [0.05, 0.1) is 5.60 Å². The van der Waals surface area contributed by atoms with E-state index in [2.05, 4.69) is 22.5 Å². The average Bonchev–Trinajstić information content (AvgIpc) is 2.34. The van der Waals surface area contributed by atoms with E-state index in [1.165, 1.54) is 12.8 Å². The fourth-order valence-electron chi connectivity index (χ4n) is 3.17. The Kier molecular flexibility index (Phi) is 7.59. The van der Waals surface area contributed by atoms with Gasteiger partial charge < -0.3 is 25.5 Å². The van der Waals surface area contributed by atoms with E-state index in [4.69, 9.17) is 0 Å². The van der Waals surface area contributed by atoms with Gasteiger partial charge in [0.1, 0.15) is 0 Å². The lowest BCUT2D eigenvalue weighted by Gasteiger charge is -2.33. The van der Waals surface area contributed by atoms with Crippen LogP contribution in [0.25, 0.3) is 0 Å². The van der Waals surface area contributed by atoms with Crippen molar-refractivity contribution in [2.45, 2.75) is 45.3 Å². The molecule has 0 aromatic heterocycles. The van der Waals surface area contributed by atoms with Crippen molar-refractivity contribution in [3.05, 3.63) is 0 Å². The van der Waals surface area contributed by atoms with Crippen LogP contribution >= 0.6 is 0 Å². The summed E-state index contributed by atoms with van der Waals surface area (Å²) < 4.78 is 0. The standard InChI is InChI=1S/C16H34N4O2/c1-13-7-6-8-20(9-13)10-14(2)18-15(21)17-11-16(3,22)12-19(4)5/h13-14,22H,6-12H2,1-5H3,(H2,17,18,21). The van der Waals surface area contributed by atoms with E-state index in [0.29, 0.717) is 6.54 Å². The largest absolute Gasteiger partial charge is 0.387 e. The molecule has 1 saturated heterocycles. The van der Waals surface area contributed by atoms with Crippen molar-refractivity contribution >= 4 is 6.03 Å². The number of hydrogen-bond acceptors (Lipinski definition) is 4. The summed E-state index contributed by atoms with van der Waals surface area (Å²) >= 11 is 0. The Labute approximate surface area is 135 Å². The minimum Gasteiger partial charge on any atom is -0.387 e. The van der Waals surface area contributed by atoms with Crippen LogP contribution in [0.1, 0.15) is 33.6 Å². The second kappa shape index (κ2) is 8.70. The molecule has 1 aliphatic heterocycles. The first-order valence-corrected chi connectivity index (χ1v) is 8.32. The molecule has 0 aliphatic carbocycles. The highest BCUT2D eigenvalue weighted by Gasteiger charge is 2.23. The van der Waals surface area contributed by atoms with Crippen LogP contribution < -0.4 is 10.6 Å². The maximum absolute atomic E-state index is 11.9. The van der Waals surface area contributed by atoms with E-state index in [1.54, 1.807) is 6.92 Å². The minimum atomic E-state index is -0.924. The fourth-order valence-corrected chi connectivity index (χ4v) is 3.17. The van der Waals surface area contributed by atoms with Gasteiger partial charge in [-0.05, 0) is 53.2 Å². The van der Waals surface area contributed by atoms with Crippen LogP contribution in [-0.2, 0) is 0 Å². The molecule has 1 aliphatic rings. The van der Waals surface area contributed by atoms with Crippen LogP contribution in [0.15, 0.2) is 0 Å². The highest BCUT2D eigenvalue weighted by Crippen LogP contribution is 2.15. The molecule has 130 valence electrons. The molecular formula is C16H34N4O2. The van der Waals surface area contributed by atoms with Crippen molar-refractivity contribution in [2.24, 2.45) is 5.92 Å². The minimum absolute atomic E-state index is 0.101. The summed E-state index contributed by atoms with van der Waals surface area (Å²) in [6, 6.07) is -0.110. The Balaban J connectivity index is 2.26. The molecule has 6 nitrogen and oxygen atoms in total. The van der Waals surface area contributed by atoms with Crippen LogP contribution in [-0.4, -0.2) is 79.4 Å². The number of rotatable bonds is 7. The van der Waals surface area contributed by atoms with Gasteiger partial charge in [-0.2, -0.15) is 0 Å². The number of urea groups is 1. The number of likely N-dealkylation sites (tertiary alicyclic amines) is 1. The first-order valence-electron chi connectivity index (χ1n) is 8.32. The number of carbonyl (C=O) groups excluding carboxylic acids is 1. The predicted octanol–water partition coefficient (Wildman–Crippen LogP) is 0.719. The van der Waals surface area contributed by atoms with Gasteiger partial charge in [-0.15, -0.1) is 0 Å². The maximum atomic E-state index is 11.9. The first kappa shape index (κ1) is 19.2. The van der Waals surface area contributed by atoms with Crippen LogP contribution in [0.4, 0.5) is 4.79 Å². The number of piperidine rings is 1. The first-order chi connectivity index (χ1) is 10.2. The Bertz CT molecular complexity index is 347. The summed E-state index contributed by atoms with van der Waals surface area (Å²) in [5.41, 5.74) is -0.924. The topological polar surface area (TPSA) is 67.8 Å². The zero-order valence-electron chi connectivity index (χ0n) is 14.9. The summed E-state index contributed by atoms with van der Waals surface area (Å²) in [7, 11) is 3.80. The molecule has 1 rings (SSSR count). The number of aliphatic hydroxyl groups is 1. The third-order valence-electron chi connectivity index (χ3n) is 3.94. The summed E-state index contributed by atoms with van der Waals surface area (Å²) in [6.07, 6.45) is 2.55. The number of carbonyl (C=O) groups is 1. The van der Waals surface area contributed by atoms with E-state index in [1.807, 2.05) is 25.9 Å². The second-order valence-electron chi connectivity index (χ2n) is 7.47. The average molecular weight is 314 g/mol. The molecule has 1 heterocycles. The van der Waals surface area contributed by atoms with E-state index < -0.39 is 5.60 Å². The van der Waals surface area contributed by atoms with Crippen molar-refractivity contribution in [3.8, 4) is 0 Å². The van der Waals surface area contributed by atoms with Crippen molar-refractivity contribution < 1.29 is 9.90 Å². The number of hydrogen-bond donors (Lipinski definition) is 3. The summed E-state index contributed by atoms with van der Waals surface area (Å²) in [5, 5.41) is 15.9. The van der Waals surface area contributed by atoms with Gasteiger partial charge in [0.15, 0.2) is 0 Å². The van der Waals surface area contributed by atoms with Gasteiger partial charge in [-0.1, -0.05) is 6.92 Å². The molecule has 0 bridgehead atoms. The lowest BCUT2D eigenvalue weighted by molar-refractivity contribution is 0.0359. The third kappa shape index (κ3) is 7.96. The zero-order valence-corrected chi connectivity index (χ0v) is 14.9. The molecule has 2 amide bonds. The molecular weight excluding hydrogens is 280 g/mol. The van der Waals surface area contributed by atoms with Crippen molar-refractivity contribution in [1.82, 2.24) is 20.4 Å². The second-order valence-corrected chi connectivity index (χ2v) is 7.47. The number of likely N-dealkylation sites (N-methyl/N-ethyl adjacent to an activating group) is 1. The summed E-state index contributed by atoms with van der Waals surface area (Å²) in [4.78, 5) is 16.2. The molecule has 3 unspecified atom stereocenters. The quantitative estimate of drug-likeness (QED) is 0.648. The van der Waals surface area contributed by atoms with Crippen LogP contribution in [0, 0.1) is 5.92 Å². The highest BCUT2D eigenvalue weighted by atomic mass is 16.3. The lowest BCUT2D eigenvalue weighted by Crippen LogP contribution is -2.52. The molecule has 0 spiro atoms. The van der Waals surface area contributed by atoms with Gasteiger partial charge >= 0.3 is 6.03 Å². The monoisotopic (exact) mass is 314 g/mol. The lowest BCUT2D eigenvalue weighted by atomic mass is 10.00. The molecule has 6 heteroatoms. The predicted molar refractivity (Wildman–Crippen MR) is 90.0 cm³/mol. The molecule has 3 atom stereocenters. The van der Waals surface area contributed by atoms with E-state index >= 15 is 0 Å². The third-order valence-corrected chi connectivity index (χ3v) is 3.94. The SMILES string of the molecule is CC1CCCN(CC(C)NC(=O)NCC(C)(O)CN(C)C)C1. The fraction of sp³-hybridized carbons (Fsp3) is 0.938. The number of nitrogens with zero attached hydrogens (tertiary/aromatic N) is 2. The number of amides is 2. The Morgan fingerprint density at radius 3 is 2.77 bits per heavy atom. The molecule has 3 N–H and O–H groups in total. The van der Waals surface area contributed by atoms with Gasteiger partial charge in [-0.25, -0.2) is 4.79 Å². The smallest absolute Gasteiger partial charge is 0.315 e. The van der Waals surface area contributed by atoms with Crippen LogP contribution in [0.2, 0.25) is 0 Å². The van der Waals surface area contributed by atoms with Gasteiger partial charge in [0, 0.05) is 32.2 Å². The van der Waals surface area contributed by atoms with Gasteiger partial charge in [0.25, 0.3) is 0 Å². The maximum Gasteiger partial charge on any atom is 0.315 e. The van der Waals surface area contributed by atoms with Crippen molar-refractivity contribution in [2.75, 3.05) is 46.8 Å². The molecule has 1 fully saturated rings. The Morgan fingerprint density at radius 1 is 1.50 bits per heavy atom. The molecule has 22 heavy (non-hydrogen) atoms. The van der Waals surface area contributed by atoms with Gasteiger partial charge in [0.2, 0.25) is 0 Å². The van der Waals surface area contributed by atoms with Crippen LogP contribution in [0.3, 0.4) is 0 Å². The van der Waals surface area contributed by atoms with Crippen molar-refractivity contribution in [1.29, 1.82) is 0 Å². The summed E-state index contributed by atoms with van der Waals surface area (Å²) in [6.45, 7) is 9.90. The zero-order chi connectivity index (χ0) is 16.8. The van der Waals surface area contributed by atoms with Gasteiger partial charge in [-0.3, -0.25) is 0 Å². The Morgan fingerprint density at radius 2 is 2.18 bits per heavy atom.